The van der Waals surface area contributed by atoms with Crippen LogP contribution in [0.3, 0.4) is 0 Å². The van der Waals surface area contributed by atoms with Gasteiger partial charge in [-0.1, -0.05) is 57.3 Å². The van der Waals surface area contributed by atoms with E-state index in [1.165, 1.54) is 12.3 Å². The normalized spacial score (nSPS) is 12.9. The number of carbonyl (C=O) groups excluding carboxylic acids is 1. The lowest BCUT2D eigenvalue weighted by molar-refractivity contribution is -0.140. The fourth-order valence-corrected chi connectivity index (χ4v) is 3.04. The first-order valence-corrected chi connectivity index (χ1v) is 10.8. The maximum absolute atomic E-state index is 14.6. The van der Waals surface area contributed by atoms with Gasteiger partial charge >= 0.3 is 5.97 Å². The predicted octanol–water partition coefficient (Wildman–Crippen LogP) is 5.58. The molecule has 174 valence electrons. The summed E-state index contributed by atoms with van der Waals surface area (Å²) in [6, 6.07) is 2.30. The number of ether oxygens (including phenoxy) is 2. The summed E-state index contributed by atoms with van der Waals surface area (Å²) in [5.74, 6) is -2.71. The van der Waals surface area contributed by atoms with E-state index in [0.29, 0.717) is 13.0 Å². The van der Waals surface area contributed by atoms with Gasteiger partial charge in [0.2, 0.25) is 5.88 Å². The molecule has 1 aromatic heterocycles. The van der Waals surface area contributed by atoms with E-state index in [1.807, 2.05) is 13.8 Å². The summed E-state index contributed by atoms with van der Waals surface area (Å²) in [4.78, 5) is 28.0. The lowest BCUT2D eigenvalue weighted by Crippen LogP contribution is -2.45. The summed E-state index contributed by atoms with van der Waals surface area (Å²) < 4.78 is 25.7. The molecule has 0 radical (unpaired) electrons. The van der Waals surface area contributed by atoms with Crippen LogP contribution < -0.4 is 14.8 Å². The molecule has 0 spiro atoms. The molecule has 0 fully saturated rings. The van der Waals surface area contributed by atoms with Gasteiger partial charge in [-0.15, -0.1) is 0 Å². The van der Waals surface area contributed by atoms with Gasteiger partial charge in [0.05, 0.1) is 23.4 Å². The highest BCUT2D eigenvalue weighted by molar-refractivity contribution is 6.32. The number of pyridine rings is 1. The average molecular weight is 487 g/mol. The third kappa shape index (κ3) is 6.71. The number of hydrogen-bond donors (Lipinski definition) is 2. The van der Waals surface area contributed by atoms with E-state index in [9.17, 15) is 19.1 Å². The number of nitrogens with one attached hydrogen (secondary N) is 1. The SMILES string of the molecule is CC[C@@H](C)[C@H](NC(=O)c1cc(Cl)c(Oc2cnc(OCC(C)C)c(Cl)c2)cc1F)C(=O)O. The van der Waals surface area contributed by atoms with Crippen molar-refractivity contribution in [1.29, 1.82) is 0 Å². The lowest BCUT2D eigenvalue weighted by atomic mass is 9.99. The van der Waals surface area contributed by atoms with E-state index >= 15 is 0 Å². The van der Waals surface area contributed by atoms with Crippen LogP contribution in [0.25, 0.3) is 0 Å². The molecular weight excluding hydrogens is 462 g/mol. The zero-order valence-electron chi connectivity index (χ0n) is 18.1. The largest absolute Gasteiger partial charge is 0.480 e. The molecule has 0 bridgehead atoms. The van der Waals surface area contributed by atoms with Crippen LogP contribution in [-0.4, -0.2) is 34.6 Å². The second kappa shape index (κ2) is 11.3. The van der Waals surface area contributed by atoms with E-state index in [-0.39, 0.29) is 39.3 Å². The summed E-state index contributed by atoms with van der Waals surface area (Å²) in [5.41, 5.74) is -0.398. The summed E-state index contributed by atoms with van der Waals surface area (Å²) in [5, 5.41) is 11.8. The second-order valence-electron chi connectivity index (χ2n) is 7.70. The van der Waals surface area contributed by atoms with Crippen LogP contribution in [0.4, 0.5) is 4.39 Å². The number of nitrogens with zero attached hydrogens (tertiary/aromatic N) is 1. The smallest absolute Gasteiger partial charge is 0.326 e. The maximum Gasteiger partial charge on any atom is 0.326 e. The van der Waals surface area contributed by atoms with Crippen LogP contribution in [0.5, 0.6) is 17.4 Å². The molecule has 0 unspecified atom stereocenters. The molecule has 0 aliphatic heterocycles. The van der Waals surface area contributed by atoms with Crippen LogP contribution in [0, 0.1) is 17.7 Å². The molecule has 1 amide bonds. The molecule has 0 aliphatic rings. The first kappa shape index (κ1) is 25.7. The minimum absolute atomic E-state index is 0.0526. The monoisotopic (exact) mass is 486 g/mol. The molecule has 2 atom stereocenters. The Morgan fingerprint density at radius 2 is 1.88 bits per heavy atom. The molecule has 0 aliphatic carbocycles. The summed E-state index contributed by atoms with van der Waals surface area (Å²) >= 11 is 12.3. The number of benzene rings is 1. The Kier molecular flexibility index (Phi) is 9.09. The van der Waals surface area contributed by atoms with Gasteiger partial charge in [-0.2, -0.15) is 0 Å². The average Bonchev–Trinajstić information content (AvgIpc) is 2.72. The predicted molar refractivity (Wildman–Crippen MR) is 119 cm³/mol. The molecule has 1 heterocycles. The van der Waals surface area contributed by atoms with E-state index in [1.54, 1.807) is 13.8 Å². The number of aromatic nitrogens is 1. The third-order valence-corrected chi connectivity index (χ3v) is 5.16. The quantitative estimate of drug-likeness (QED) is 0.454. The van der Waals surface area contributed by atoms with Gasteiger partial charge in [-0.3, -0.25) is 4.79 Å². The van der Waals surface area contributed by atoms with Gasteiger partial charge in [-0.05, 0) is 17.9 Å². The van der Waals surface area contributed by atoms with Gasteiger partial charge in [0, 0.05) is 12.1 Å². The molecule has 0 saturated heterocycles. The molecule has 2 rings (SSSR count). The van der Waals surface area contributed by atoms with Crippen LogP contribution >= 0.6 is 23.2 Å². The minimum atomic E-state index is -1.20. The lowest BCUT2D eigenvalue weighted by Gasteiger charge is -2.20. The zero-order valence-corrected chi connectivity index (χ0v) is 19.6. The number of amides is 1. The van der Waals surface area contributed by atoms with Crippen molar-refractivity contribution in [2.45, 2.75) is 40.2 Å². The Balaban J connectivity index is 2.19. The van der Waals surface area contributed by atoms with Crippen LogP contribution in [0.15, 0.2) is 24.4 Å². The Bertz CT molecular complexity index is 987. The Labute approximate surface area is 195 Å². The first-order chi connectivity index (χ1) is 15.0. The number of carboxylic acid groups (broad SMARTS) is 1. The van der Waals surface area contributed by atoms with E-state index in [0.717, 1.165) is 12.1 Å². The summed E-state index contributed by atoms with van der Waals surface area (Å²) in [6.07, 6.45) is 1.87. The summed E-state index contributed by atoms with van der Waals surface area (Å²) in [7, 11) is 0. The van der Waals surface area contributed by atoms with Crippen molar-refractivity contribution in [2.75, 3.05) is 6.61 Å². The van der Waals surface area contributed by atoms with Gasteiger partial charge in [-0.25, -0.2) is 14.2 Å². The van der Waals surface area contributed by atoms with Gasteiger partial charge < -0.3 is 19.9 Å². The fourth-order valence-electron chi connectivity index (χ4n) is 2.63. The Morgan fingerprint density at radius 1 is 1.19 bits per heavy atom. The second-order valence-corrected chi connectivity index (χ2v) is 8.52. The molecule has 1 aromatic carbocycles. The van der Waals surface area contributed by atoms with Crippen LogP contribution in [0.1, 0.15) is 44.5 Å². The highest BCUT2D eigenvalue weighted by atomic mass is 35.5. The Hall–Kier alpha value is -2.58. The van der Waals surface area contributed by atoms with Crippen molar-refractivity contribution in [2.24, 2.45) is 11.8 Å². The summed E-state index contributed by atoms with van der Waals surface area (Å²) in [6.45, 7) is 7.88. The fraction of sp³-hybridized carbons (Fsp3) is 0.409. The Morgan fingerprint density at radius 3 is 2.44 bits per heavy atom. The van der Waals surface area contributed by atoms with Crippen LogP contribution in [0.2, 0.25) is 10.0 Å². The third-order valence-electron chi connectivity index (χ3n) is 4.60. The van der Waals surface area contributed by atoms with Crippen molar-refractivity contribution >= 4 is 35.1 Å². The van der Waals surface area contributed by atoms with Crippen molar-refractivity contribution in [1.82, 2.24) is 10.3 Å². The topological polar surface area (TPSA) is 97.8 Å². The number of hydrogen-bond acceptors (Lipinski definition) is 5. The molecule has 2 N–H and O–H groups in total. The number of rotatable bonds is 10. The highest BCUT2D eigenvalue weighted by Crippen LogP contribution is 2.34. The number of halogens is 3. The van der Waals surface area contributed by atoms with Crippen molar-refractivity contribution < 1.29 is 28.6 Å². The molecule has 32 heavy (non-hydrogen) atoms. The van der Waals surface area contributed by atoms with Gasteiger partial charge in [0.25, 0.3) is 5.91 Å². The molecule has 0 saturated carbocycles. The standard InChI is InChI=1S/C22H25Cl2FN2O5/c1-5-12(4)19(22(29)30)27-20(28)14-7-15(23)18(8-17(14)25)32-13-6-16(24)21(26-9-13)31-10-11(2)3/h6-9,11-12,19H,5,10H2,1-4H3,(H,27,28)(H,29,30)/t12-,19+/m1/s1. The molecular formula is C22H25Cl2FN2O5. The highest BCUT2D eigenvalue weighted by Gasteiger charge is 2.27. The van der Waals surface area contributed by atoms with Crippen molar-refractivity contribution in [3.05, 3.63) is 45.8 Å². The zero-order chi connectivity index (χ0) is 24.0. The van der Waals surface area contributed by atoms with E-state index in [4.69, 9.17) is 32.7 Å². The van der Waals surface area contributed by atoms with Gasteiger partial charge in [0.1, 0.15) is 28.4 Å². The molecule has 10 heteroatoms. The molecule has 2 aromatic rings. The maximum atomic E-state index is 14.6. The minimum Gasteiger partial charge on any atom is -0.480 e. The van der Waals surface area contributed by atoms with Crippen molar-refractivity contribution in [3.8, 4) is 17.4 Å². The van der Waals surface area contributed by atoms with Crippen molar-refractivity contribution in [3.63, 3.8) is 0 Å². The number of carboxylic acids is 1. The molecule has 7 nitrogen and oxygen atoms in total. The van der Waals surface area contributed by atoms with E-state index < -0.39 is 29.3 Å². The van der Waals surface area contributed by atoms with Crippen LogP contribution in [-0.2, 0) is 4.79 Å². The number of aliphatic carboxylic acids is 1. The van der Waals surface area contributed by atoms with Gasteiger partial charge in [0.15, 0.2) is 0 Å². The number of carbonyl (C=O) groups is 2. The first-order valence-electron chi connectivity index (χ1n) is 10.0. The van der Waals surface area contributed by atoms with E-state index in [2.05, 4.69) is 10.3 Å².